The number of methoxy groups -OCH3 is 1. The largest absolute Gasteiger partial charge is 0.493 e. The molecule has 1 heterocycles. The van der Waals surface area contributed by atoms with E-state index >= 15 is 0 Å². The Morgan fingerprint density at radius 1 is 1.09 bits per heavy atom. The molecule has 3 rings (SSSR count). The number of aromatic nitrogens is 2. The van der Waals surface area contributed by atoms with Crippen LogP contribution in [0.4, 0.5) is 8.78 Å². The number of amides is 1. The minimum absolute atomic E-state index is 0.0395. The van der Waals surface area contributed by atoms with E-state index < -0.39 is 6.61 Å². The van der Waals surface area contributed by atoms with E-state index in [1.807, 2.05) is 24.3 Å². The Balaban J connectivity index is 1.46. The Labute approximate surface area is 191 Å². The second kappa shape index (κ2) is 11.4. The van der Waals surface area contributed by atoms with Gasteiger partial charge >= 0.3 is 6.61 Å². The van der Waals surface area contributed by atoms with E-state index in [1.54, 1.807) is 12.1 Å². The number of nitrogens with one attached hydrogen (secondary N) is 1. The first kappa shape index (κ1) is 24.2. The van der Waals surface area contributed by atoms with Crippen molar-refractivity contribution in [2.45, 2.75) is 45.6 Å². The van der Waals surface area contributed by atoms with Gasteiger partial charge in [0.15, 0.2) is 11.5 Å². The lowest BCUT2D eigenvalue weighted by Gasteiger charge is -2.11. The number of benzene rings is 2. The van der Waals surface area contributed by atoms with Crippen LogP contribution in [0.15, 0.2) is 47.0 Å². The lowest BCUT2D eigenvalue weighted by atomic mass is 10.0. The summed E-state index contributed by atoms with van der Waals surface area (Å²) in [4.78, 5) is 16.5. The summed E-state index contributed by atoms with van der Waals surface area (Å²) in [6.45, 7) is 1.65. The van der Waals surface area contributed by atoms with E-state index in [4.69, 9.17) is 9.26 Å². The van der Waals surface area contributed by atoms with E-state index in [9.17, 15) is 13.6 Å². The highest BCUT2D eigenvalue weighted by Gasteiger charge is 2.13. The van der Waals surface area contributed by atoms with Crippen molar-refractivity contribution in [2.24, 2.45) is 0 Å². The van der Waals surface area contributed by atoms with Crippen LogP contribution in [0.3, 0.4) is 0 Å². The van der Waals surface area contributed by atoms with Crippen LogP contribution in [0.1, 0.15) is 43.2 Å². The summed E-state index contributed by atoms with van der Waals surface area (Å²) in [6, 6.07) is 12.7. The Morgan fingerprint density at radius 2 is 1.85 bits per heavy atom. The average Bonchev–Trinajstić information content (AvgIpc) is 3.27. The molecule has 2 aromatic carbocycles. The third-order valence-corrected chi connectivity index (χ3v) is 5.05. The Morgan fingerprint density at radius 3 is 2.52 bits per heavy atom. The van der Waals surface area contributed by atoms with Crippen LogP contribution < -0.4 is 14.8 Å². The maximum Gasteiger partial charge on any atom is 0.387 e. The lowest BCUT2D eigenvalue weighted by molar-refractivity contribution is -0.121. The van der Waals surface area contributed by atoms with Crippen molar-refractivity contribution >= 4 is 5.91 Å². The summed E-state index contributed by atoms with van der Waals surface area (Å²) in [5.74, 6) is 1.32. The molecule has 0 saturated carbocycles. The molecule has 1 amide bonds. The molecule has 176 valence electrons. The second-order valence-corrected chi connectivity index (χ2v) is 7.75. The Bertz CT molecular complexity index is 1050. The van der Waals surface area contributed by atoms with E-state index in [0.29, 0.717) is 37.0 Å². The number of carbonyl (C=O) groups is 1. The van der Waals surface area contributed by atoms with Crippen molar-refractivity contribution in [3.05, 3.63) is 59.5 Å². The van der Waals surface area contributed by atoms with Crippen LogP contribution in [0.5, 0.6) is 11.5 Å². The Hall–Kier alpha value is -3.49. The van der Waals surface area contributed by atoms with Crippen molar-refractivity contribution in [1.82, 2.24) is 15.5 Å². The highest BCUT2D eigenvalue weighted by atomic mass is 19.3. The average molecular weight is 459 g/mol. The predicted octanol–water partition coefficient (Wildman–Crippen LogP) is 4.76. The highest BCUT2D eigenvalue weighted by molar-refractivity contribution is 5.76. The normalized spacial score (nSPS) is 11.1. The van der Waals surface area contributed by atoms with Gasteiger partial charge in [-0.3, -0.25) is 4.79 Å². The molecule has 0 unspecified atom stereocenters. The number of halogens is 2. The van der Waals surface area contributed by atoms with E-state index in [1.165, 1.54) is 18.7 Å². The van der Waals surface area contributed by atoms with E-state index in [2.05, 4.69) is 34.0 Å². The van der Waals surface area contributed by atoms with Gasteiger partial charge in [-0.05, 0) is 35.6 Å². The molecule has 33 heavy (non-hydrogen) atoms. The molecule has 0 aliphatic heterocycles. The zero-order chi connectivity index (χ0) is 23.8. The third-order valence-electron chi connectivity index (χ3n) is 5.05. The third kappa shape index (κ3) is 7.00. The van der Waals surface area contributed by atoms with Crippen molar-refractivity contribution in [2.75, 3.05) is 13.7 Å². The number of aryl methyl sites for hydroxylation is 1. The van der Waals surface area contributed by atoms with Gasteiger partial charge in [0.05, 0.1) is 7.11 Å². The van der Waals surface area contributed by atoms with Crippen molar-refractivity contribution in [3.8, 4) is 22.9 Å². The molecule has 0 fully saturated rings. The smallest absolute Gasteiger partial charge is 0.387 e. The molecule has 0 spiro atoms. The number of alkyl halides is 2. The van der Waals surface area contributed by atoms with Gasteiger partial charge in [-0.1, -0.05) is 49.3 Å². The molecule has 0 radical (unpaired) electrons. The predicted molar refractivity (Wildman–Crippen MR) is 118 cm³/mol. The Kier molecular flexibility index (Phi) is 8.34. The fraction of sp³-hybridized carbons (Fsp3) is 0.375. The van der Waals surface area contributed by atoms with Crippen LogP contribution in [-0.4, -0.2) is 36.3 Å². The van der Waals surface area contributed by atoms with Gasteiger partial charge in [0.2, 0.25) is 17.6 Å². The maximum atomic E-state index is 12.5. The number of rotatable bonds is 11. The van der Waals surface area contributed by atoms with Crippen molar-refractivity contribution in [3.63, 3.8) is 0 Å². The molecule has 3 aromatic rings. The summed E-state index contributed by atoms with van der Waals surface area (Å²) in [5.41, 5.74) is 2.82. The zero-order valence-corrected chi connectivity index (χ0v) is 18.8. The van der Waals surface area contributed by atoms with E-state index in [0.717, 1.165) is 11.1 Å². The number of ether oxygens (including phenoxy) is 2. The molecule has 0 atom stereocenters. The fourth-order valence-electron chi connectivity index (χ4n) is 3.21. The van der Waals surface area contributed by atoms with Gasteiger partial charge in [0.1, 0.15) is 0 Å². The monoisotopic (exact) mass is 459 g/mol. The zero-order valence-electron chi connectivity index (χ0n) is 18.8. The summed E-state index contributed by atoms with van der Waals surface area (Å²) in [6.07, 6.45) is 0.959. The first-order valence-electron chi connectivity index (χ1n) is 10.7. The summed E-state index contributed by atoms with van der Waals surface area (Å²) < 4.78 is 39.8. The lowest BCUT2D eigenvalue weighted by Crippen LogP contribution is -2.25. The molecule has 0 aliphatic rings. The van der Waals surface area contributed by atoms with Crippen LogP contribution in [-0.2, 0) is 17.6 Å². The molecule has 0 aliphatic carbocycles. The number of hydrogen-bond acceptors (Lipinski definition) is 6. The standard InChI is InChI=1S/C24H27F2N3O4/c1-15(2)17-5-7-18(8-6-17)23-28-22(33-29-23)11-10-21(30)27-13-12-16-4-9-19(31-3)20(14-16)32-24(25)26/h4-9,14-15,24H,10-13H2,1-3H3,(H,27,30). The van der Waals surface area contributed by atoms with Crippen molar-refractivity contribution in [1.29, 1.82) is 0 Å². The molecule has 1 aromatic heterocycles. The van der Waals surface area contributed by atoms with Crippen molar-refractivity contribution < 1.29 is 27.6 Å². The molecule has 9 heteroatoms. The minimum atomic E-state index is -2.95. The second-order valence-electron chi connectivity index (χ2n) is 7.75. The molecular weight excluding hydrogens is 432 g/mol. The number of hydrogen-bond donors (Lipinski definition) is 1. The van der Waals surface area contributed by atoms with Gasteiger partial charge in [-0.15, -0.1) is 0 Å². The summed E-state index contributed by atoms with van der Waals surface area (Å²) in [7, 11) is 1.38. The van der Waals surface area contributed by atoms with Crippen LogP contribution in [0.25, 0.3) is 11.4 Å². The van der Waals surface area contributed by atoms with Gasteiger partial charge in [0, 0.05) is 24.9 Å². The molecule has 7 nitrogen and oxygen atoms in total. The first-order chi connectivity index (χ1) is 15.9. The minimum Gasteiger partial charge on any atom is -0.493 e. The quantitative estimate of drug-likeness (QED) is 0.445. The van der Waals surface area contributed by atoms with Crippen LogP contribution in [0.2, 0.25) is 0 Å². The van der Waals surface area contributed by atoms with Gasteiger partial charge in [-0.2, -0.15) is 13.8 Å². The van der Waals surface area contributed by atoms with Gasteiger partial charge in [0.25, 0.3) is 0 Å². The first-order valence-corrected chi connectivity index (χ1v) is 10.7. The van der Waals surface area contributed by atoms with Gasteiger partial charge < -0.3 is 19.3 Å². The van der Waals surface area contributed by atoms with Crippen LogP contribution in [0, 0.1) is 0 Å². The molecular formula is C24H27F2N3O4. The number of nitrogens with zero attached hydrogens (tertiary/aromatic N) is 2. The van der Waals surface area contributed by atoms with Gasteiger partial charge in [-0.25, -0.2) is 0 Å². The fourth-order valence-corrected chi connectivity index (χ4v) is 3.21. The SMILES string of the molecule is COc1ccc(CCNC(=O)CCc2nc(-c3ccc(C(C)C)cc3)no2)cc1OC(F)F. The van der Waals surface area contributed by atoms with E-state index in [-0.39, 0.29) is 23.8 Å². The molecule has 0 bridgehead atoms. The summed E-state index contributed by atoms with van der Waals surface area (Å²) >= 11 is 0. The highest BCUT2D eigenvalue weighted by Crippen LogP contribution is 2.29. The summed E-state index contributed by atoms with van der Waals surface area (Å²) in [5, 5.41) is 6.79. The molecule has 0 saturated heterocycles. The maximum absolute atomic E-state index is 12.5. The number of carbonyl (C=O) groups excluding carboxylic acids is 1. The van der Waals surface area contributed by atoms with Crippen LogP contribution >= 0.6 is 0 Å². The topological polar surface area (TPSA) is 86.5 Å². The molecule has 1 N–H and O–H groups in total.